The number of aryl methyl sites for hydroxylation is 1. The number of fused-ring (bicyclic) bond motifs is 1. The van der Waals surface area contributed by atoms with Crippen molar-refractivity contribution in [2.45, 2.75) is 39.5 Å². The summed E-state index contributed by atoms with van der Waals surface area (Å²) in [5.41, 5.74) is 4.78. The van der Waals surface area contributed by atoms with E-state index in [1.807, 2.05) is 44.4 Å². The Hall–Kier alpha value is -2.96. The van der Waals surface area contributed by atoms with Crippen LogP contribution in [-0.2, 0) is 11.8 Å². The predicted octanol–water partition coefficient (Wildman–Crippen LogP) is 3.36. The molecule has 0 radical (unpaired) electrons. The summed E-state index contributed by atoms with van der Waals surface area (Å²) in [6.45, 7) is 6.34. The van der Waals surface area contributed by atoms with Crippen LogP contribution < -0.4 is 5.43 Å². The van der Waals surface area contributed by atoms with Gasteiger partial charge in [-0.3, -0.25) is 9.48 Å². The van der Waals surface area contributed by atoms with Crippen molar-refractivity contribution in [1.29, 1.82) is 0 Å². The van der Waals surface area contributed by atoms with Crippen LogP contribution >= 0.6 is 0 Å². The van der Waals surface area contributed by atoms with Crippen molar-refractivity contribution in [3.8, 4) is 0 Å². The molecule has 4 rings (SSSR count). The highest BCUT2D eigenvalue weighted by Gasteiger charge is 2.57. The average Bonchev–Trinajstić information content (AvgIpc) is 3.32. The highest BCUT2D eigenvalue weighted by atomic mass is 16.2. The SMILES string of the molecule is Cn1cc(/C=N/NC(=O)C2(C)CCC(c3nc4ccccc4[nH]3)C2(C)C)cn1. The second-order valence-electron chi connectivity index (χ2n) is 8.43. The summed E-state index contributed by atoms with van der Waals surface area (Å²) >= 11 is 0. The Balaban J connectivity index is 1.53. The first-order valence-corrected chi connectivity index (χ1v) is 9.58. The van der Waals surface area contributed by atoms with Gasteiger partial charge in [0.25, 0.3) is 0 Å². The highest BCUT2D eigenvalue weighted by molar-refractivity contribution is 5.86. The van der Waals surface area contributed by atoms with E-state index in [0.717, 1.165) is 35.3 Å². The van der Waals surface area contributed by atoms with E-state index < -0.39 is 5.41 Å². The monoisotopic (exact) mass is 378 g/mol. The summed E-state index contributed by atoms with van der Waals surface area (Å²) in [7, 11) is 1.84. The first kappa shape index (κ1) is 18.4. The lowest BCUT2D eigenvalue weighted by molar-refractivity contribution is -0.135. The molecule has 1 aliphatic carbocycles. The van der Waals surface area contributed by atoms with E-state index in [1.165, 1.54) is 0 Å². The number of H-pyrrole nitrogens is 1. The maximum Gasteiger partial charge on any atom is 0.246 e. The Morgan fingerprint density at radius 1 is 1.36 bits per heavy atom. The Morgan fingerprint density at radius 3 is 2.86 bits per heavy atom. The maximum atomic E-state index is 13.1. The smallest absolute Gasteiger partial charge is 0.246 e. The molecule has 7 nitrogen and oxygen atoms in total. The van der Waals surface area contributed by atoms with Crippen LogP contribution in [0.3, 0.4) is 0 Å². The first-order valence-electron chi connectivity index (χ1n) is 9.58. The molecule has 2 unspecified atom stereocenters. The number of nitrogens with zero attached hydrogens (tertiary/aromatic N) is 4. The van der Waals surface area contributed by atoms with Gasteiger partial charge in [0.05, 0.1) is 28.9 Å². The molecular formula is C21H26N6O. The molecule has 0 bridgehead atoms. The van der Waals surface area contributed by atoms with Crippen molar-refractivity contribution < 1.29 is 4.79 Å². The van der Waals surface area contributed by atoms with Crippen LogP contribution in [-0.4, -0.2) is 31.9 Å². The molecule has 0 saturated heterocycles. The zero-order chi connectivity index (χ0) is 19.9. The number of aromatic nitrogens is 4. The van der Waals surface area contributed by atoms with Crippen molar-refractivity contribution in [1.82, 2.24) is 25.2 Å². The number of amides is 1. The van der Waals surface area contributed by atoms with E-state index in [1.54, 1.807) is 17.1 Å². The third-order valence-corrected chi connectivity index (χ3v) is 6.57. The van der Waals surface area contributed by atoms with Crippen LogP contribution in [0, 0.1) is 10.8 Å². The van der Waals surface area contributed by atoms with Gasteiger partial charge in [-0.15, -0.1) is 0 Å². The van der Waals surface area contributed by atoms with E-state index >= 15 is 0 Å². The predicted molar refractivity (Wildman–Crippen MR) is 109 cm³/mol. The zero-order valence-corrected chi connectivity index (χ0v) is 16.7. The number of benzene rings is 1. The standard InChI is InChI=1S/C21H26N6O/c1-20(2)15(18-24-16-7-5-6-8-17(16)25-18)9-10-21(20,3)19(28)26-22-11-14-12-23-27(4)13-14/h5-8,11-13,15H,9-10H2,1-4H3,(H,24,25)(H,26,28)/b22-11+. The van der Waals surface area contributed by atoms with Crippen LogP contribution in [0.4, 0.5) is 0 Å². The Kier molecular flexibility index (Phi) is 4.33. The van der Waals surface area contributed by atoms with Crippen LogP contribution in [0.25, 0.3) is 11.0 Å². The summed E-state index contributed by atoms with van der Waals surface area (Å²) in [6, 6.07) is 8.04. The molecule has 28 heavy (non-hydrogen) atoms. The highest BCUT2D eigenvalue weighted by Crippen LogP contribution is 2.59. The lowest BCUT2D eigenvalue weighted by Gasteiger charge is -2.39. The number of hydrogen-bond donors (Lipinski definition) is 2. The maximum absolute atomic E-state index is 13.1. The number of rotatable bonds is 4. The number of hydrogen-bond acceptors (Lipinski definition) is 4. The zero-order valence-electron chi connectivity index (χ0n) is 16.7. The van der Waals surface area contributed by atoms with Gasteiger partial charge in [-0.2, -0.15) is 10.2 Å². The van der Waals surface area contributed by atoms with Gasteiger partial charge in [0, 0.05) is 24.7 Å². The molecule has 146 valence electrons. The molecule has 2 N–H and O–H groups in total. The Labute approximate surface area is 164 Å². The molecule has 1 aromatic carbocycles. The van der Waals surface area contributed by atoms with Gasteiger partial charge in [-0.25, -0.2) is 10.4 Å². The largest absolute Gasteiger partial charge is 0.342 e. The van der Waals surface area contributed by atoms with Gasteiger partial charge in [-0.05, 0) is 30.4 Å². The van der Waals surface area contributed by atoms with Crippen molar-refractivity contribution in [2.75, 3.05) is 0 Å². The molecular weight excluding hydrogens is 352 g/mol. The molecule has 1 saturated carbocycles. The van der Waals surface area contributed by atoms with E-state index in [0.29, 0.717) is 0 Å². The lowest BCUT2D eigenvalue weighted by atomic mass is 9.65. The number of aromatic amines is 1. The van der Waals surface area contributed by atoms with Gasteiger partial charge < -0.3 is 4.98 Å². The van der Waals surface area contributed by atoms with Crippen molar-refractivity contribution in [3.05, 3.63) is 48.0 Å². The van der Waals surface area contributed by atoms with Crippen molar-refractivity contribution in [3.63, 3.8) is 0 Å². The fourth-order valence-corrected chi connectivity index (χ4v) is 4.32. The molecule has 0 spiro atoms. The third kappa shape index (κ3) is 2.91. The molecule has 2 heterocycles. The van der Waals surface area contributed by atoms with E-state index in [4.69, 9.17) is 4.98 Å². The number of para-hydroxylation sites is 2. The number of hydrazone groups is 1. The quantitative estimate of drug-likeness (QED) is 0.539. The van der Waals surface area contributed by atoms with Crippen LogP contribution in [0.15, 0.2) is 41.8 Å². The van der Waals surface area contributed by atoms with Crippen molar-refractivity contribution >= 4 is 23.2 Å². The van der Waals surface area contributed by atoms with E-state index in [-0.39, 0.29) is 17.2 Å². The summed E-state index contributed by atoms with van der Waals surface area (Å²) in [5, 5.41) is 8.23. The van der Waals surface area contributed by atoms with Crippen LogP contribution in [0.5, 0.6) is 0 Å². The second-order valence-corrected chi connectivity index (χ2v) is 8.43. The second kappa shape index (κ2) is 6.58. The van der Waals surface area contributed by atoms with Crippen LogP contribution in [0.2, 0.25) is 0 Å². The topological polar surface area (TPSA) is 88.0 Å². The molecule has 2 atom stereocenters. The Morgan fingerprint density at radius 2 is 2.14 bits per heavy atom. The first-order chi connectivity index (χ1) is 13.3. The minimum Gasteiger partial charge on any atom is -0.342 e. The normalized spacial score (nSPS) is 24.2. The van der Waals surface area contributed by atoms with Gasteiger partial charge >= 0.3 is 0 Å². The number of carbonyl (C=O) groups is 1. The number of nitrogens with one attached hydrogen (secondary N) is 2. The average molecular weight is 378 g/mol. The fourth-order valence-electron chi connectivity index (χ4n) is 4.32. The molecule has 3 aromatic rings. The Bertz CT molecular complexity index is 1010. The summed E-state index contributed by atoms with van der Waals surface area (Å²) in [4.78, 5) is 21.3. The molecule has 7 heteroatoms. The van der Waals surface area contributed by atoms with Gasteiger partial charge in [0.2, 0.25) is 5.91 Å². The summed E-state index contributed by atoms with van der Waals surface area (Å²) in [6.07, 6.45) is 6.86. The molecule has 2 aromatic heterocycles. The minimum atomic E-state index is -0.539. The number of imidazole rings is 1. The molecule has 1 fully saturated rings. The number of carbonyl (C=O) groups excluding carboxylic acids is 1. The van der Waals surface area contributed by atoms with E-state index in [2.05, 4.69) is 34.5 Å². The molecule has 0 aliphatic heterocycles. The fraction of sp³-hybridized carbons (Fsp3) is 0.429. The minimum absolute atomic E-state index is 0.0590. The van der Waals surface area contributed by atoms with Gasteiger partial charge in [-0.1, -0.05) is 32.9 Å². The third-order valence-electron chi connectivity index (χ3n) is 6.57. The lowest BCUT2D eigenvalue weighted by Crippen LogP contribution is -2.45. The summed E-state index contributed by atoms with van der Waals surface area (Å²) < 4.78 is 1.70. The van der Waals surface area contributed by atoms with Gasteiger partial charge in [0.15, 0.2) is 0 Å². The molecule has 1 amide bonds. The molecule has 1 aliphatic rings. The van der Waals surface area contributed by atoms with Gasteiger partial charge in [0.1, 0.15) is 5.82 Å². The summed E-state index contributed by atoms with van der Waals surface area (Å²) in [5.74, 6) is 1.08. The van der Waals surface area contributed by atoms with Crippen LogP contribution in [0.1, 0.15) is 50.9 Å². The van der Waals surface area contributed by atoms with E-state index in [9.17, 15) is 4.79 Å². The van der Waals surface area contributed by atoms with Crippen molar-refractivity contribution in [2.24, 2.45) is 23.0 Å².